The molecule has 0 radical (unpaired) electrons. The molecule has 0 heterocycles. The third-order valence-corrected chi connectivity index (χ3v) is 5.06. The number of hydrogen-bond donors (Lipinski definition) is 0. The number of ether oxygens (including phenoxy) is 1. The molecule has 0 saturated heterocycles. The fourth-order valence-electron chi connectivity index (χ4n) is 4.05. The third-order valence-electron chi connectivity index (χ3n) is 5.06. The molecule has 0 amide bonds. The maximum atomic E-state index is 13.0. The number of alkyl halides is 2. The molecule has 122 valence electrons. The molecule has 0 atom stereocenters. The van der Waals surface area contributed by atoms with E-state index in [-0.39, 0.29) is 11.9 Å². The fraction of sp³-hybridized carbons (Fsp3) is 0.941. The van der Waals surface area contributed by atoms with Gasteiger partial charge in [-0.15, -0.1) is 0 Å². The van der Waals surface area contributed by atoms with Crippen LogP contribution in [0.4, 0.5) is 8.78 Å². The Morgan fingerprint density at radius 1 is 1.00 bits per heavy atom. The molecule has 0 unspecified atom stereocenters. The molecule has 0 bridgehead atoms. The van der Waals surface area contributed by atoms with Gasteiger partial charge in [0, 0.05) is 6.92 Å². The van der Waals surface area contributed by atoms with Crippen LogP contribution < -0.4 is 0 Å². The fourth-order valence-corrected chi connectivity index (χ4v) is 4.05. The summed E-state index contributed by atoms with van der Waals surface area (Å²) < 4.78 is 30.9. The molecule has 0 N–H and O–H groups in total. The molecule has 0 aromatic carbocycles. The van der Waals surface area contributed by atoms with E-state index in [0.717, 1.165) is 58.3 Å². The smallest absolute Gasteiger partial charge is 0.309 e. The lowest BCUT2D eigenvalue weighted by Crippen LogP contribution is -2.36. The Labute approximate surface area is 126 Å². The molecular weight excluding hydrogens is 274 g/mol. The summed E-state index contributed by atoms with van der Waals surface area (Å²) in [7, 11) is 0. The lowest BCUT2D eigenvalue weighted by Gasteiger charge is -2.36. The van der Waals surface area contributed by atoms with Crippen molar-refractivity contribution in [2.45, 2.75) is 77.1 Å². The van der Waals surface area contributed by atoms with Crippen LogP contribution in [0.5, 0.6) is 0 Å². The molecule has 0 spiro atoms. The second-order valence-electron chi connectivity index (χ2n) is 7.00. The van der Waals surface area contributed by atoms with Crippen LogP contribution in [0, 0.1) is 17.8 Å². The van der Waals surface area contributed by atoms with Crippen molar-refractivity contribution in [2.75, 3.05) is 6.61 Å². The number of rotatable bonds is 5. The highest BCUT2D eigenvalue weighted by atomic mass is 19.3. The van der Waals surface area contributed by atoms with Gasteiger partial charge < -0.3 is 4.74 Å². The normalized spacial score (nSPS) is 22.5. The van der Waals surface area contributed by atoms with Crippen LogP contribution in [0.1, 0.15) is 71.1 Å². The zero-order chi connectivity index (χ0) is 15.3. The van der Waals surface area contributed by atoms with Gasteiger partial charge in [0.15, 0.2) is 6.61 Å². The molecule has 0 aromatic heterocycles. The highest BCUT2D eigenvalue weighted by molar-refractivity contribution is 5.73. The lowest BCUT2D eigenvalue weighted by atomic mass is 9.69. The summed E-state index contributed by atoms with van der Waals surface area (Å²) in [5, 5.41) is 0. The van der Waals surface area contributed by atoms with Gasteiger partial charge in [0.2, 0.25) is 0 Å². The van der Waals surface area contributed by atoms with Crippen LogP contribution in [0.15, 0.2) is 0 Å². The van der Waals surface area contributed by atoms with Gasteiger partial charge in [-0.25, -0.2) is 8.78 Å². The highest BCUT2D eigenvalue weighted by Gasteiger charge is 2.38. The van der Waals surface area contributed by atoms with E-state index in [4.69, 9.17) is 4.74 Å². The molecule has 2 fully saturated rings. The van der Waals surface area contributed by atoms with Gasteiger partial charge in [-0.2, -0.15) is 0 Å². The Balaban J connectivity index is 2.00. The van der Waals surface area contributed by atoms with Crippen LogP contribution in [0.2, 0.25) is 0 Å². The molecule has 0 aliphatic heterocycles. The summed E-state index contributed by atoms with van der Waals surface area (Å²) in [5.41, 5.74) is 0. The van der Waals surface area contributed by atoms with Crippen molar-refractivity contribution in [3.63, 3.8) is 0 Å². The monoisotopic (exact) mass is 302 g/mol. The minimum atomic E-state index is -2.93. The number of carbonyl (C=O) groups excluding carboxylic acids is 1. The number of halogens is 2. The Kier molecular flexibility index (Phi) is 6.00. The van der Waals surface area contributed by atoms with Crippen molar-refractivity contribution < 1.29 is 18.3 Å². The van der Waals surface area contributed by atoms with Gasteiger partial charge in [0.25, 0.3) is 5.92 Å². The van der Waals surface area contributed by atoms with Crippen molar-refractivity contribution in [2.24, 2.45) is 17.8 Å². The van der Waals surface area contributed by atoms with Crippen LogP contribution in [0.3, 0.4) is 0 Å². The van der Waals surface area contributed by atoms with Gasteiger partial charge in [-0.05, 0) is 37.5 Å². The van der Waals surface area contributed by atoms with Gasteiger partial charge in [0.1, 0.15) is 0 Å². The van der Waals surface area contributed by atoms with Crippen molar-refractivity contribution in [3.05, 3.63) is 0 Å². The van der Waals surface area contributed by atoms with Crippen molar-refractivity contribution in [1.82, 2.24) is 0 Å². The zero-order valence-corrected chi connectivity index (χ0v) is 13.1. The topological polar surface area (TPSA) is 26.3 Å². The molecule has 2 aliphatic rings. The second-order valence-corrected chi connectivity index (χ2v) is 7.00. The Bertz CT molecular complexity index is 308. The largest absolute Gasteiger partial charge is 0.459 e. The Morgan fingerprint density at radius 2 is 1.43 bits per heavy atom. The van der Waals surface area contributed by atoms with E-state index >= 15 is 0 Å². The minimum Gasteiger partial charge on any atom is -0.459 e. The van der Waals surface area contributed by atoms with E-state index in [0.29, 0.717) is 11.8 Å². The SMILES string of the molecule is CC(F)(F)COC(=O)C(C1CCCCC1)C1CCCCC1. The number of esters is 1. The number of hydrogen-bond acceptors (Lipinski definition) is 2. The van der Waals surface area contributed by atoms with Crippen LogP contribution >= 0.6 is 0 Å². The zero-order valence-electron chi connectivity index (χ0n) is 13.1. The van der Waals surface area contributed by atoms with Gasteiger partial charge in [-0.3, -0.25) is 4.79 Å². The molecule has 4 heteroatoms. The van der Waals surface area contributed by atoms with Gasteiger partial charge >= 0.3 is 5.97 Å². The van der Waals surface area contributed by atoms with E-state index in [1.165, 1.54) is 12.8 Å². The second kappa shape index (κ2) is 7.55. The van der Waals surface area contributed by atoms with Crippen LogP contribution in [-0.4, -0.2) is 18.5 Å². The highest BCUT2D eigenvalue weighted by Crippen LogP contribution is 2.40. The summed E-state index contributed by atoms with van der Waals surface area (Å²) in [6.45, 7) is 0.0261. The van der Waals surface area contributed by atoms with Crippen molar-refractivity contribution in [1.29, 1.82) is 0 Å². The van der Waals surface area contributed by atoms with Gasteiger partial charge in [-0.1, -0.05) is 38.5 Å². The molecule has 2 aliphatic carbocycles. The Hall–Kier alpha value is -0.670. The number of carbonyl (C=O) groups is 1. The molecule has 2 nitrogen and oxygen atoms in total. The predicted octanol–water partition coefficient (Wildman–Crippen LogP) is 4.96. The Morgan fingerprint density at radius 3 is 1.81 bits per heavy atom. The maximum Gasteiger partial charge on any atom is 0.309 e. The molecular formula is C17H28F2O2. The minimum absolute atomic E-state index is 0.145. The van der Waals surface area contributed by atoms with Gasteiger partial charge in [0.05, 0.1) is 5.92 Å². The quantitative estimate of drug-likeness (QED) is 0.671. The third kappa shape index (κ3) is 5.23. The van der Waals surface area contributed by atoms with Crippen molar-refractivity contribution >= 4 is 5.97 Å². The molecule has 0 aromatic rings. The van der Waals surface area contributed by atoms with Crippen LogP contribution in [-0.2, 0) is 9.53 Å². The molecule has 21 heavy (non-hydrogen) atoms. The summed E-state index contributed by atoms with van der Waals surface area (Å²) in [5.74, 6) is -2.75. The van der Waals surface area contributed by atoms with E-state index < -0.39 is 12.5 Å². The molecule has 2 saturated carbocycles. The van der Waals surface area contributed by atoms with E-state index in [9.17, 15) is 13.6 Å². The first-order valence-electron chi connectivity index (χ1n) is 8.52. The summed E-state index contributed by atoms with van der Waals surface area (Å²) >= 11 is 0. The average Bonchev–Trinajstić information content (AvgIpc) is 2.47. The van der Waals surface area contributed by atoms with E-state index in [2.05, 4.69) is 0 Å². The standard InChI is InChI=1S/C17H28F2O2/c1-17(18,19)12-21-16(20)15(13-8-4-2-5-9-13)14-10-6-3-7-11-14/h13-15H,2-12H2,1H3. The first-order chi connectivity index (χ1) is 9.97. The average molecular weight is 302 g/mol. The predicted molar refractivity (Wildman–Crippen MR) is 78.2 cm³/mol. The first kappa shape index (κ1) is 16.7. The molecule has 2 rings (SSSR count). The summed E-state index contributed by atoms with van der Waals surface area (Å²) in [6, 6.07) is 0. The van der Waals surface area contributed by atoms with E-state index in [1.807, 2.05) is 0 Å². The van der Waals surface area contributed by atoms with E-state index in [1.54, 1.807) is 0 Å². The maximum absolute atomic E-state index is 13.0. The summed E-state index contributed by atoms with van der Waals surface area (Å²) in [6.07, 6.45) is 11.3. The van der Waals surface area contributed by atoms with Crippen LogP contribution in [0.25, 0.3) is 0 Å². The lowest BCUT2D eigenvalue weighted by molar-refractivity contribution is -0.164. The first-order valence-corrected chi connectivity index (χ1v) is 8.52. The summed E-state index contributed by atoms with van der Waals surface area (Å²) in [4.78, 5) is 12.4. The van der Waals surface area contributed by atoms with Crippen molar-refractivity contribution in [3.8, 4) is 0 Å².